The molecule has 10 heteroatoms. The monoisotopic (exact) mass is 991 g/mol. The normalized spacial score (nSPS) is 14.8. The Balaban J connectivity index is 4.11. The summed E-state index contributed by atoms with van der Waals surface area (Å²) < 4.78 is 23.2. The molecule has 4 atom stereocenters. The van der Waals surface area contributed by atoms with Gasteiger partial charge in [-0.05, 0) is 89.9 Å². The highest BCUT2D eigenvalue weighted by atomic mass is 31.2. The molecule has 0 spiro atoms. The summed E-state index contributed by atoms with van der Waals surface area (Å²) in [7, 11) is 1.10. The molecule has 0 aliphatic heterocycles. The number of hydrogen-bond acceptors (Lipinski definition) is 7. The van der Waals surface area contributed by atoms with E-state index in [9.17, 15) is 24.5 Å². The fourth-order valence-corrected chi connectivity index (χ4v) is 8.94. The third kappa shape index (κ3) is 50.9. The third-order valence-corrected chi connectivity index (χ3v) is 13.8. The van der Waals surface area contributed by atoms with E-state index < -0.39 is 32.7 Å². The van der Waals surface area contributed by atoms with E-state index in [2.05, 4.69) is 79.9 Å². The van der Waals surface area contributed by atoms with Crippen molar-refractivity contribution in [3.05, 3.63) is 60.8 Å². The van der Waals surface area contributed by atoms with Gasteiger partial charge in [0, 0.05) is 6.42 Å². The quantitative estimate of drug-likeness (QED) is 0.0240. The number of aliphatic hydroxyl groups excluding tert-OH is 2. The van der Waals surface area contributed by atoms with Crippen molar-refractivity contribution in [2.24, 2.45) is 0 Å². The van der Waals surface area contributed by atoms with Gasteiger partial charge in [0.15, 0.2) is 0 Å². The fraction of sp³-hybridized carbons (Fsp3) is 0.814. The third-order valence-electron chi connectivity index (χ3n) is 12.8. The largest absolute Gasteiger partial charge is 0.756 e. The number of nitrogens with zero attached hydrogens (tertiary/aromatic N) is 1. The lowest BCUT2D eigenvalue weighted by molar-refractivity contribution is -0.870. The Morgan fingerprint density at radius 1 is 0.522 bits per heavy atom. The van der Waals surface area contributed by atoms with Gasteiger partial charge in [-0.1, -0.05) is 216 Å². The molecule has 0 radical (unpaired) electrons. The Labute approximate surface area is 426 Å². The molecule has 0 bridgehead atoms. The number of aliphatic hydroxyl groups is 2. The van der Waals surface area contributed by atoms with E-state index in [-0.39, 0.29) is 18.9 Å². The molecule has 404 valence electrons. The van der Waals surface area contributed by atoms with E-state index in [1.165, 1.54) is 154 Å². The number of quaternary nitrogens is 1. The number of amides is 1. The summed E-state index contributed by atoms with van der Waals surface area (Å²) in [6.07, 6.45) is 63.0. The molecular formula is C59H111N2O7P. The van der Waals surface area contributed by atoms with Crippen LogP contribution >= 0.6 is 7.82 Å². The first-order chi connectivity index (χ1) is 33.4. The first-order valence-electron chi connectivity index (χ1n) is 28.7. The van der Waals surface area contributed by atoms with Crippen molar-refractivity contribution < 1.29 is 38.0 Å². The molecule has 0 aliphatic carbocycles. The Kier molecular flexibility index (Phi) is 48.4. The van der Waals surface area contributed by atoms with Crippen LogP contribution < -0.4 is 10.2 Å². The minimum absolute atomic E-state index is 0.0495. The van der Waals surface area contributed by atoms with E-state index in [1.54, 1.807) is 0 Å². The standard InChI is InChI=1S/C59H111N2O7P/c1-6-8-10-12-14-16-18-20-21-22-23-24-25-26-27-28-29-30-31-32-33-34-35-36-37-38-39-40-42-44-46-48-50-52-58(63)60-56(55-68-69(65,66)67-54-53-61(3,4)5)59(64)57(62)51-49-47-45-43-41-19-17-15-13-11-9-7-2/h15,17-18,20,22-23,25-26,43,45,56-57,59,62,64H,6-14,16,19,21,24,27-42,44,46-55H2,1-5H3,(H-,60,63,65,66)/b17-15+,20-18-,23-22-,26-25-,45-43+. The molecule has 0 fully saturated rings. The second-order valence-corrected chi connectivity index (χ2v) is 22.2. The molecular weight excluding hydrogens is 880 g/mol. The van der Waals surface area contributed by atoms with Gasteiger partial charge < -0.3 is 34.0 Å². The fourth-order valence-electron chi connectivity index (χ4n) is 8.22. The van der Waals surface area contributed by atoms with Gasteiger partial charge in [-0.2, -0.15) is 0 Å². The van der Waals surface area contributed by atoms with Crippen LogP contribution in [-0.4, -0.2) is 79.8 Å². The number of phosphoric ester groups is 1. The van der Waals surface area contributed by atoms with E-state index in [4.69, 9.17) is 9.05 Å². The number of phosphoric acid groups is 1. The molecule has 0 heterocycles. The van der Waals surface area contributed by atoms with Crippen LogP contribution in [0.15, 0.2) is 60.8 Å². The first kappa shape index (κ1) is 67.2. The molecule has 0 aromatic rings. The second kappa shape index (κ2) is 49.7. The minimum atomic E-state index is -4.68. The summed E-state index contributed by atoms with van der Waals surface area (Å²) >= 11 is 0. The molecule has 0 saturated heterocycles. The Hall–Kier alpha value is -1.84. The van der Waals surface area contributed by atoms with Crippen LogP contribution in [0.3, 0.4) is 0 Å². The average molecular weight is 992 g/mol. The number of carbonyl (C=O) groups excluding carboxylic acids is 1. The minimum Gasteiger partial charge on any atom is -0.756 e. The number of hydrogen-bond donors (Lipinski definition) is 3. The maximum atomic E-state index is 13.0. The summed E-state index contributed by atoms with van der Waals surface area (Å²) in [5.74, 6) is -0.292. The van der Waals surface area contributed by atoms with Gasteiger partial charge in [0.25, 0.3) is 7.82 Å². The summed E-state index contributed by atoms with van der Waals surface area (Å²) in [6.45, 7) is 4.37. The maximum absolute atomic E-state index is 13.0. The van der Waals surface area contributed by atoms with Crippen LogP contribution in [0.2, 0.25) is 0 Å². The highest BCUT2D eigenvalue weighted by Crippen LogP contribution is 2.38. The van der Waals surface area contributed by atoms with Crippen LogP contribution in [0, 0.1) is 0 Å². The summed E-state index contributed by atoms with van der Waals surface area (Å²) in [5, 5.41) is 24.7. The number of likely N-dealkylation sites (N-methyl/N-ethyl adjacent to an activating group) is 1. The topological polar surface area (TPSA) is 128 Å². The molecule has 4 unspecified atom stereocenters. The highest BCUT2D eigenvalue weighted by molar-refractivity contribution is 7.45. The highest BCUT2D eigenvalue weighted by Gasteiger charge is 2.29. The van der Waals surface area contributed by atoms with Crippen molar-refractivity contribution in [2.45, 2.75) is 270 Å². The van der Waals surface area contributed by atoms with Gasteiger partial charge in [0.05, 0.1) is 39.9 Å². The van der Waals surface area contributed by atoms with Crippen LogP contribution in [0.5, 0.6) is 0 Å². The van der Waals surface area contributed by atoms with Crippen molar-refractivity contribution in [1.29, 1.82) is 0 Å². The lowest BCUT2D eigenvalue weighted by Gasteiger charge is -2.31. The van der Waals surface area contributed by atoms with Gasteiger partial charge in [-0.3, -0.25) is 9.36 Å². The average Bonchev–Trinajstić information content (AvgIpc) is 3.31. The zero-order chi connectivity index (χ0) is 50.8. The van der Waals surface area contributed by atoms with Crippen molar-refractivity contribution >= 4 is 13.7 Å². The molecule has 0 aliphatic rings. The number of carbonyl (C=O) groups is 1. The van der Waals surface area contributed by atoms with Crippen LogP contribution in [0.4, 0.5) is 0 Å². The molecule has 69 heavy (non-hydrogen) atoms. The Morgan fingerprint density at radius 2 is 0.884 bits per heavy atom. The van der Waals surface area contributed by atoms with E-state index in [0.717, 1.165) is 57.8 Å². The molecule has 1 amide bonds. The van der Waals surface area contributed by atoms with Gasteiger partial charge in [-0.15, -0.1) is 0 Å². The predicted octanol–water partition coefficient (Wildman–Crippen LogP) is 15.7. The maximum Gasteiger partial charge on any atom is 0.268 e. The van der Waals surface area contributed by atoms with Gasteiger partial charge >= 0.3 is 0 Å². The number of rotatable bonds is 52. The van der Waals surface area contributed by atoms with Gasteiger partial charge in [0.2, 0.25) is 5.91 Å². The molecule has 0 saturated carbocycles. The second-order valence-electron chi connectivity index (χ2n) is 20.8. The van der Waals surface area contributed by atoms with Crippen molar-refractivity contribution in [3.63, 3.8) is 0 Å². The first-order valence-corrected chi connectivity index (χ1v) is 30.2. The number of unbranched alkanes of at least 4 members (excludes halogenated alkanes) is 28. The van der Waals surface area contributed by atoms with Crippen LogP contribution in [0.1, 0.15) is 251 Å². The van der Waals surface area contributed by atoms with Crippen molar-refractivity contribution in [2.75, 3.05) is 40.9 Å². The Morgan fingerprint density at radius 3 is 1.35 bits per heavy atom. The van der Waals surface area contributed by atoms with Crippen LogP contribution in [0.25, 0.3) is 0 Å². The summed E-state index contributed by atoms with van der Waals surface area (Å²) in [4.78, 5) is 25.5. The Bertz CT molecular complexity index is 1330. The molecule has 0 rings (SSSR count). The van der Waals surface area contributed by atoms with Crippen molar-refractivity contribution in [3.8, 4) is 0 Å². The summed E-state index contributed by atoms with van der Waals surface area (Å²) in [6, 6.07) is -1.10. The predicted molar refractivity (Wildman–Crippen MR) is 294 cm³/mol. The van der Waals surface area contributed by atoms with Crippen LogP contribution in [-0.2, 0) is 18.4 Å². The van der Waals surface area contributed by atoms with E-state index in [1.807, 2.05) is 21.1 Å². The molecule has 0 aromatic heterocycles. The smallest absolute Gasteiger partial charge is 0.268 e. The molecule has 0 aromatic carbocycles. The number of allylic oxidation sites excluding steroid dienone is 10. The lowest BCUT2D eigenvalue weighted by Crippen LogP contribution is -2.51. The van der Waals surface area contributed by atoms with Gasteiger partial charge in [0.1, 0.15) is 19.3 Å². The lowest BCUT2D eigenvalue weighted by atomic mass is 10.0. The van der Waals surface area contributed by atoms with E-state index in [0.29, 0.717) is 30.3 Å². The molecule has 9 nitrogen and oxygen atoms in total. The van der Waals surface area contributed by atoms with E-state index >= 15 is 0 Å². The van der Waals surface area contributed by atoms with Crippen molar-refractivity contribution in [1.82, 2.24) is 5.32 Å². The zero-order valence-electron chi connectivity index (χ0n) is 45.6. The van der Waals surface area contributed by atoms with Gasteiger partial charge in [-0.25, -0.2) is 0 Å². The summed E-state index contributed by atoms with van der Waals surface area (Å²) in [5.41, 5.74) is 0. The number of nitrogens with one attached hydrogen (secondary N) is 1. The SMILES string of the molecule is CCCCC/C=C/CC/C=C/CCCC(O)C(O)C(COP(=O)([O-])OCC[N+](C)(C)C)NC(=O)CCCCCCCCCCCCCCCCCCCC/C=C\C/C=C\C/C=C\CCCCCCC. The molecule has 3 N–H and O–H groups in total. The zero-order valence-corrected chi connectivity index (χ0v) is 46.5.